The molecule has 2 aromatic rings. The minimum atomic E-state index is -3.97. The van der Waals surface area contributed by atoms with Crippen LogP contribution in [0.2, 0.25) is 0 Å². The number of carbonyl (C=O) groups excluding carboxylic acids is 2. The van der Waals surface area contributed by atoms with Gasteiger partial charge in [-0.1, -0.05) is 74.9 Å². The van der Waals surface area contributed by atoms with Crippen molar-refractivity contribution in [2.75, 3.05) is 33.0 Å². The lowest BCUT2D eigenvalue weighted by atomic mass is 9.98. The number of alkyl carbamates (subject to hydrolysis) is 1. The summed E-state index contributed by atoms with van der Waals surface area (Å²) in [6.07, 6.45) is 2.86. The van der Waals surface area contributed by atoms with Gasteiger partial charge < -0.3 is 15.4 Å². The first-order valence-electron chi connectivity index (χ1n) is 13.0. The van der Waals surface area contributed by atoms with Gasteiger partial charge in [0.1, 0.15) is 12.6 Å². The molecule has 2 aromatic carbocycles. The van der Waals surface area contributed by atoms with Gasteiger partial charge >= 0.3 is 13.9 Å². The number of carbonyl (C=O) groups is 2. The molecule has 0 bridgehead atoms. The van der Waals surface area contributed by atoms with Gasteiger partial charge in [-0.15, -0.1) is 6.58 Å². The summed E-state index contributed by atoms with van der Waals surface area (Å²) in [6, 6.07) is 14.9. The van der Waals surface area contributed by atoms with Crippen LogP contribution in [0.25, 0.3) is 11.1 Å². The molecule has 0 saturated heterocycles. The van der Waals surface area contributed by atoms with E-state index in [0.29, 0.717) is 13.0 Å². The summed E-state index contributed by atoms with van der Waals surface area (Å²) in [6.45, 7) is 7.55. The first kappa shape index (κ1) is 29.6. The highest BCUT2D eigenvalue weighted by molar-refractivity contribution is 7.48. The molecule has 0 aliphatic heterocycles. The Morgan fingerprint density at radius 3 is 2.26 bits per heavy atom. The van der Waals surface area contributed by atoms with Gasteiger partial charge in [-0.3, -0.25) is 18.4 Å². The topological polar surface area (TPSA) is 112 Å². The van der Waals surface area contributed by atoms with Crippen LogP contribution in [-0.2, 0) is 27.7 Å². The lowest BCUT2D eigenvalue weighted by Crippen LogP contribution is -2.49. The van der Waals surface area contributed by atoms with Crippen LogP contribution < -0.4 is 10.6 Å². The molecular formula is C28H37N2O7P. The Kier molecular flexibility index (Phi) is 11.5. The van der Waals surface area contributed by atoms with Crippen molar-refractivity contribution >= 4 is 19.8 Å². The highest BCUT2D eigenvalue weighted by Gasteiger charge is 2.32. The number of unbranched alkanes of at least 4 members (excludes halogenated alkanes) is 1. The molecular weight excluding hydrogens is 507 g/mol. The number of nitrogens with one attached hydrogen (secondary N) is 2. The zero-order chi connectivity index (χ0) is 27.4. The number of fused-ring (bicyclic) bond motifs is 3. The fraction of sp³-hybridized carbons (Fsp3) is 0.429. The lowest BCUT2D eigenvalue weighted by molar-refractivity contribution is -0.123. The van der Waals surface area contributed by atoms with E-state index in [0.717, 1.165) is 35.1 Å². The largest absolute Gasteiger partial charge is 0.475 e. The Bertz CT molecular complexity index is 1090. The minimum absolute atomic E-state index is 0.0613. The van der Waals surface area contributed by atoms with Crippen molar-refractivity contribution < 1.29 is 32.5 Å². The fourth-order valence-electron chi connectivity index (χ4n) is 4.10. The Morgan fingerprint density at radius 1 is 1.00 bits per heavy atom. The number of rotatable bonds is 16. The van der Waals surface area contributed by atoms with Gasteiger partial charge in [-0.05, 0) is 35.1 Å². The molecule has 2 atom stereocenters. The van der Waals surface area contributed by atoms with Crippen LogP contribution in [0, 0.1) is 0 Å². The Hall–Kier alpha value is -2.97. The Balaban J connectivity index is 1.66. The summed E-state index contributed by atoms with van der Waals surface area (Å²) in [5.41, 5.74) is 4.38. The molecule has 10 heteroatoms. The van der Waals surface area contributed by atoms with Crippen LogP contribution in [0.3, 0.4) is 0 Å². The second kappa shape index (κ2) is 14.8. The van der Waals surface area contributed by atoms with Crippen LogP contribution in [0.4, 0.5) is 4.79 Å². The van der Waals surface area contributed by atoms with E-state index < -0.39 is 32.5 Å². The molecule has 2 amide bonds. The van der Waals surface area contributed by atoms with Crippen molar-refractivity contribution in [3.8, 4) is 11.1 Å². The molecule has 3 rings (SSSR count). The molecule has 2 N–H and O–H groups in total. The quantitative estimate of drug-likeness (QED) is 0.162. The van der Waals surface area contributed by atoms with E-state index in [-0.39, 0.29) is 25.7 Å². The molecule has 0 fully saturated rings. The van der Waals surface area contributed by atoms with Crippen molar-refractivity contribution in [3.63, 3.8) is 0 Å². The molecule has 0 radical (unpaired) electrons. The molecule has 0 spiro atoms. The molecule has 0 heterocycles. The average Bonchev–Trinajstić information content (AvgIpc) is 3.25. The lowest BCUT2D eigenvalue weighted by Gasteiger charge is -2.22. The molecule has 0 aromatic heterocycles. The van der Waals surface area contributed by atoms with E-state index in [1.54, 1.807) is 0 Å². The predicted octanol–water partition coefficient (Wildman–Crippen LogP) is 5.56. The molecule has 2 unspecified atom stereocenters. The maximum Gasteiger partial charge on any atom is 0.475 e. The average molecular weight is 545 g/mol. The highest BCUT2D eigenvalue weighted by Crippen LogP contribution is 2.49. The van der Waals surface area contributed by atoms with Crippen LogP contribution in [0.5, 0.6) is 0 Å². The monoisotopic (exact) mass is 544 g/mol. The summed E-state index contributed by atoms with van der Waals surface area (Å²) in [5.74, 6) is -0.617. The third-order valence-electron chi connectivity index (χ3n) is 5.99. The number of phosphoric ester groups is 1. The molecule has 206 valence electrons. The van der Waals surface area contributed by atoms with Gasteiger partial charge in [-0.2, -0.15) is 0 Å². The van der Waals surface area contributed by atoms with Crippen molar-refractivity contribution in [2.45, 2.75) is 45.1 Å². The van der Waals surface area contributed by atoms with E-state index in [2.05, 4.69) is 29.3 Å². The smallest absolute Gasteiger partial charge is 0.449 e. The minimum Gasteiger partial charge on any atom is -0.449 e. The first-order valence-corrected chi connectivity index (χ1v) is 14.4. The molecule has 38 heavy (non-hydrogen) atoms. The first-order chi connectivity index (χ1) is 18.4. The molecule has 9 nitrogen and oxygen atoms in total. The molecule has 0 saturated carbocycles. The molecule has 1 aliphatic carbocycles. The van der Waals surface area contributed by atoms with Gasteiger partial charge in [0.25, 0.3) is 0 Å². The highest BCUT2D eigenvalue weighted by atomic mass is 31.2. The number of phosphoric acid groups is 1. The Labute approximate surface area is 224 Å². The van der Waals surface area contributed by atoms with Crippen molar-refractivity contribution in [1.29, 1.82) is 0 Å². The number of ether oxygens (including phenoxy) is 1. The summed E-state index contributed by atoms with van der Waals surface area (Å²) in [7, 11) is -3.97. The Morgan fingerprint density at radius 2 is 1.66 bits per heavy atom. The number of amides is 2. The van der Waals surface area contributed by atoms with Crippen molar-refractivity contribution in [1.82, 2.24) is 10.6 Å². The van der Waals surface area contributed by atoms with E-state index in [4.69, 9.17) is 18.3 Å². The van der Waals surface area contributed by atoms with Gasteiger partial charge in [0.2, 0.25) is 5.91 Å². The van der Waals surface area contributed by atoms with Crippen LogP contribution in [0.15, 0.2) is 61.2 Å². The van der Waals surface area contributed by atoms with Crippen molar-refractivity contribution in [3.05, 3.63) is 72.3 Å². The van der Waals surface area contributed by atoms with E-state index in [1.807, 2.05) is 50.2 Å². The second-order valence-electron chi connectivity index (χ2n) is 8.83. The van der Waals surface area contributed by atoms with Crippen molar-refractivity contribution in [2.24, 2.45) is 0 Å². The predicted molar refractivity (Wildman–Crippen MR) is 146 cm³/mol. The van der Waals surface area contributed by atoms with Gasteiger partial charge in [-0.25, -0.2) is 9.36 Å². The van der Waals surface area contributed by atoms with Crippen LogP contribution in [0.1, 0.15) is 50.2 Å². The van der Waals surface area contributed by atoms with Gasteiger partial charge in [0.15, 0.2) is 0 Å². The van der Waals surface area contributed by atoms with E-state index >= 15 is 0 Å². The van der Waals surface area contributed by atoms with E-state index in [9.17, 15) is 14.2 Å². The number of hydrogen-bond acceptors (Lipinski definition) is 7. The summed E-state index contributed by atoms with van der Waals surface area (Å²) < 4.78 is 34.4. The van der Waals surface area contributed by atoms with E-state index in [1.165, 1.54) is 6.08 Å². The van der Waals surface area contributed by atoms with Gasteiger partial charge in [0, 0.05) is 12.5 Å². The summed E-state index contributed by atoms with van der Waals surface area (Å²) >= 11 is 0. The molecule has 1 aliphatic rings. The summed E-state index contributed by atoms with van der Waals surface area (Å²) in [4.78, 5) is 25.7. The standard InChI is InChI=1S/C28H37N2O7P/c1-4-7-16-29-27(31)26(20-37-38(33,35-17-5-2)36-18-6-3)30-28(32)34-19-25-23-14-10-8-12-21(23)22-13-9-11-15-24(22)25/h5,8-15,25-26H,2,4,6-7,16-20H2,1,3H3,(H,29,31)(H,30,32). The normalized spacial score (nSPS) is 14.6. The van der Waals surface area contributed by atoms with Gasteiger partial charge in [0.05, 0.1) is 19.8 Å². The number of hydrogen-bond donors (Lipinski definition) is 2. The zero-order valence-electron chi connectivity index (χ0n) is 22.0. The maximum absolute atomic E-state index is 12.9. The number of benzene rings is 2. The second-order valence-corrected chi connectivity index (χ2v) is 10.5. The third kappa shape index (κ3) is 8.01. The maximum atomic E-state index is 12.9. The third-order valence-corrected chi connectivity index (χ3v) is 7.41. The van der Waals surface area contributed by atoms with Crippen LogP contribution >= 0.6 is 7.82 Å². The van der Waals surface area contributed by atoms with Crippen LogP contribution in [-0.4, -0.2) is 51.0 Å². The fourth-order valence-corrected chi connectivity index (χ4v) is 5.35. The zero-order valence-corrected chi connectivity index (χ0v) is 22.9. The SMILES string of the molecule is C=CCOP(=O)(OCCC)OCC(NC(=O)OCC1c2ccccc2-c2ccccc21)C(=O)NCCCC. The summed E-state index contributed by atoms with van der Waals surface area (Å²) in [5, 5.41) is 5.31.